The molecule has 2 heteroatoms. The Bertz CT molecular complexity index is 665. The molecule has 3 rings (SSSR count). The molecule has 0 saturated carbocycles. The molecule has 1 nitrogen and oxygen atoms in total. The number of hydrogen-bond donors (Lipinski definition) is 0. The quantitative estimate of drug-likeness (QED) is 0.573. The fourth-order valence-electron chi connectivity index (χ4n) is 3.18. The van der Waals surface area contributed by atoms with Crippen molar-refractivity contribution in [3.05, 3.63) is 66.2 Å². The van der Waals surface area contributed by atoms with Crippen molar-refractivity contribution in [1.29, 1.82) is 0 Å². The van der Waals surface area contributed by atoms with Gasteiger partial charge in [-0.05, 0) is 48.6 Å². The molecule has 23 heavy (non-hydrogen) atoms. The van der Waals surface area contributed by atoms with Crippen molar-refractivity contribution in [3.63, 3.8) is 0 Å². The number of nitrogens with zero attached hydrogens (tertiary/aromatic N) is 1. The van der Waals surface area contributed by atoms with Crippen LogP contribution in [0.15, 0.2) is 65.6 Å². The Morgan fingerprint density at radius 2 is 1.70 bits per heavy atom. The molecule has 0 radical (unpaired) electrons. The molecule has 1 aliphatic heterocycles. The summed E-state index contributed by atoms with van der Waals surface area (Å²) >= 11 is 1.88. The average Bonchev–Trinajstić information content (AvgIpc) is 2.78. The van der Waals surface area contributed by atoms with E-state index in [2.05, 4.69) is 84.9 Å². The van der Waals surface area contributed by atoms with E-state index in [9.17, 15) is 0 Å². The molecule has 2 aromatic carbocycles. The van der Waals surface area contributed by atoms with Gasteiger partial charge in [0.25, 0.3) is 0 Å². The van der Waals surface area contributed by atoms with E-state index in [0.717, 1.165) is 6.42 Å². The molecule has 1 aliphatic rings. The third-order valence-electron chi connectivity index (χ3n) is 4.65. The first-order valence-electron chi connectivity index (χ1n) is 8.60. The van der Waals surface area contributed by atoms with Crippen molar-refractivity contribution in [2.45, 2.75) is 50.0 Å². The molecule has 0 spiro atoms. The highest BCUT2D eigenvalue weighted by Gasteiger charge is 2.35. The maximum Gasteiger partial charge on any atom is 0.0698 e. The van der Waals surface area contributed by atoms with Crippen molar-refractivity contribution in [1.82, 2.24) is 0 Å². The van der Waals surface area contributed by atoms with Crippen LogP contribution in [0.1, 0.15) is 45.1 Å². The minimum Gasteiger partial charge on any atom is -0.302 e. The fourth-order valence-corrected chi connectivity index (χ4v) is 4.45. The normalized spacial score (nSPS) is 20.2. The summed E-state index contributed by atoms with van der Waals surface area (Å²) < 4.78 is 2.53. The zero-order chi connectivity index (χ0) is 16.1. The van der Waals surface area contributed by atoms with Gasteiger partial charge in [-0.25, -0.2) is 0 Å². The fraction of sp³-hybridized carbons (Fsp3) is 0.333. The standard InChI is InChI=1S/C21H25NS/c1-3-5-16-21(4-2)17-15-18-11-9-10-14-20(18)23-22(21)19-12-7-6-8-13-19/h6-15,17H,3-5,16H2,1-2H3/t21-/m1/s1. The lowest BCUT2D eigenvalue weighted by Gasteiger charge is -2.41. The molecule has 1 heterocycles. The maximum atomic E-state index is 2.53. The monoisotopic (exact) mass is 323 g/mol. The van der Waals surface area contributed by atoms with Gasteiger partial charge in [0, 0.05) is 10.6 Å². The molecule has 1 atom stereocenters. The van der Waals surface area contributed by atoms with Crippen LogP contribution in [0.25, 0.3) is 6.08 Å². The van der Waals surface area contributed by atoms with E-state index in [-0.39, 0.29) is 5.54 Å². The Balaban J connectivity index is 2.08. The molecule has 0 N–H and O–H groups in total. The smallest absolute Gasteiger partial charge is 0.0698 e. The summed E-state index contributed by atoms with van der Waals surface area (Å²) in [7, 11) is 0. The minimum absolute atomic E-state index is 0.0705. The van der Waals surface area contributed by atoms with Gasteiger partial charge in [0.2, 0.25) is 0 Å². The number of anilines is 1. The molecular formula is C21H25NS. The minimum atomic E-state index is 0.0705. The van der Waals surface area contributed by atoms with Gasteiger partial charge in [-0.1, -0.05) is 75.2 Å². The zero-order valence-corrected chi connectivity index (χ0v) is 14.9. The summed E-state index contributed by atoms with van der Waals surface area (Å²) in [6.07, 6.45) is 9.54. The number of hydrogen-bond acceptors (Lipinski definition) is 2. The number of benzene rings is 2. The lowest BCUT2D eigenvalue weighted by Crippen LogP contribution is -2.42. The zero-order valence-electron chi connectivity index (χ0n) is 14.0. The number of para-hydroxylation sites is 1. The highest BCUT2D eigenvalue weighted by molar-refractivity contribution is 8.00. The van der Waals surface area contributed by atoms with Crippen LogP contribution in [0.2, 0.25) is 0 Å². The van der Waals surface area contributed by atoms with Crippen LogP contribution >= 0.6 is 11.9 Å². The second-order valence-corrected chi connectivity index (χ2v) is 7.14. The van der Waals surface area contributed by atoms with Gasteiger partial charge in [-0.15, -0.1) is 0 Å². The summed E-state index contributed by atoms with van der Waals surface area (Å²) in [6, 6.07) is 19.5. The van der Waals surface area contributed by atoms with E-state index < -0.39 is 0 Å². The number of rotatable bonds is 5. The van der Waals surface area contributed by atoms with Gasteiger partial charge in [0.1, 0.15) is 0 Å². The highest BCUT2D eigenvalue weighted by atomic mass is 32.2. The molecule has 0 saturated heterocycles. The van der Waals surface area contributed by atoms with Gasteiger partial charge >= 0.3 is 0 Å². The lowest BCUT2D eigenvalue weighted by molar-refractivity contribution is 0.462. The Morgan fingerprint density at radius 1 is 0.957 bits per heavy atom. The maximum absolute atomic E-state index is 2.53. The molecule has 0 unspecified atom stereocenters. The second kappa shape index (κ2) is 7.27. The van der Waals surface area contributed by atoms with E-state index in [1.807, 2.05) is 11.9 Å². The van der Waals surface area contributed by atoms with Crippen LogP contribution in [0.3, 0.4) is 0 Å². The summed E-state index contributed by atoms with van der Waals surface area (Å²) in [4.78, 5) is 1.33. The first-order chi connectivity index (χ1) is 11.3. The van der Waals surface area contributed by atoms with Crippen molar-refractivity contribution >= 4 is 23.7 Å². The Kier molecular flexibility index (Phi) is 5.12. The van der Waals surface area contributed by atoms with Gasteiger partial charge < -0.3 is 4.31 Å². The summed E-state index contributed by atoms with van der Waals surface area (Å²) in [5.41, 5.74) is 2.68. The topological polar surface area (TPSA) is 3.24 Å². The molecule has 0 aliphatic carbocycles. The van der Waals surface area contributed by atoms with Crippen LogP contribution in [0, 0.1) is 0 Å². The molecule has 0 bridgehead atoms. The van der Waals surface area contributed by atoms with E-state index in [1.54, 1.807) is 0 Å². The van der Waals surface area contributed by atoms with E-state index >= 15 is 0 Å². The molecule has 2 aromatic rings. The van der Waals surface area contributed by atoms with Gasteiger partial charge in [-0.3, -0.25) is 0 Å². The number of unbranched alkanes of at least 4 members (excludes halogenated alkanes) is 1. The van der Waals surface area contributed by atoms with Crippen molar-refractivity contribution in [2.24, 2.45) is 0 Å². The second-order valence-electron chi connectivity index (χ2n) is 6.15. The van der Waals surface area contributed by atoms with Crippen LogP contribution in [0.5, 0.6) is 0 Å². The van der Waals surface area contributed by atoms with Crippen molar-refractivity contribution in [3.8, 4) is 0 Å². The van der Waals surface area contributed by atoms with Crippen molar-refractivity contribution < 1.29 is 0 Å². The first kappa shape index (κ1) is 16.2. The van der Waals surface area contributed by atoms with Crippen LogP contribution in [0.4, 0.5) is 5.69 Å². The largest absolute Gasteiger partial charge is 0.302 e. The van der Waals surface area contributed by atoms with E-state index in [4.69, 9.17) is 0 Å². The molecule has 0 aromatic heterocycles. The summed E-state index contributed by atoms with van der Waals surface area (Å²) in [5, 5.41) is 0. The van der Waals surface area contributed by atoms with Crippen LogP contribution < -0.4 is 4.31 Å². The van der Waals surface area contributed by atoms with Crippen LogP contribution in [-0.4, -0.2) is 5.54 Å². The first-order valence-corrected chi connectivity index (χ1v) is 9.38. The van der Waals surface area contributed by atoms with E-state index in [1.165, 1.54) is 35.4 Å². The lowest BCUT2D eigenvalue weighted by atomic mass is 9.88. The third-order valence-corrected chi connectivity index (χ3v) is 5.98. The Morgan fingerprint density at radius 3 is 2.43 bits per heavy atom. The Hall–Kier alpha value is -1.67. The third kappa shape index (κ3) is 3.32. The summed E-state index contributed by atoms with van der Waals surface area (Å²) in [6.45, 7) is 4.59. The average molecular weight is 324 g/mol. The molecule has 0 amide bonds. The molecule has 120 valence electrons. The van der Waals surface area contributed by atoms with Gasteiger partial charge in [0.05, 0.1) is 5.54 Å². The predicted molar refractivity (Wildman–Crippen MR) is 103 cm³/mol. The Labute approximate surface area is 144 Å². The van der Waals surface area contributed by atoms with Gasteiger partial charge in [-0.2, -0.15) is 0 Å². The molecule has 0 fully saturated rings. The molecular weight excluding hydrogens is 298 g/mol. The number of fused-ring (bicyclic) bond motifs is 1. The SMILES string of the molecule is CCCC[C@]1(CC)C=Cc2ccccc2SN1c1ccccc1. The van der Waals surface area contributed by atoms with E-state index in [0.29, 0.717) is 0 Å². The predicted octanol–water partition coefficient (Wildman–Crippen LogP) is 6.57. The van der Waals surface area contributed by atoms with Crippen molar-refractivity contribution in [2.75, 3.05) is 4.31 Å². The van der Waals surface area contributed by atoms with Crippen LogP contribution in [-0.2, 0) is 0 Å². The summed E-state index contributed by atoms with van der Waals surface area (Å²) in [5.74, 6) is 0. The van der Waals surface area contributed by atoms with Gasteiger partial charge in [0.15, 0.2) is 0 Å². The highest BCUT2D eigenvalue weighted by Crippen LogP contribution is 2.44.